The summed E-state index contributed by atoms with van der Waals surface area (Å²) in [5.74, 6) is -0.275. The van der Waals surface area contributed by atoms with E-state index >= 15 is 0 Å². The molecule has 8 heteroatoms. The first-order chi connectivity index (χ1) is 12.1. The van der Waals surface area contributed by atoms with Crippen molar-refractivity contribution in [1.82, 2.24) is 9.55 Å². The Morgan fingerprint density at radius 1 is 1.20 bits per heavy atom. The highest BCUT2D eigenvalue weighted by Crippen LogP contribution is 2.13. The first-order valence-electron chi connectivity index (χ1n) is 7.60. The smallest absolute Gasteiger partial charge is 0.307 e. The lowest BCUT2D eigenvalue weighted by Crippen LogP contribution is -2.22. The maximum atomic E-state index is 12.7. The van der Waals surface area contributed by atoms with E-state index in [1.165, 1.54) is 46.5 Å². The molecule has 0 saturated carbocycles. The molecule has 3 rings (SSSR count). The number of carbonyl (C=O) groups excluding carboxylic acids is 1. The normalized spacial score (nSPS) is 10.8. The Hall–Kier alpha value is -2.74. The van der Waals surface area contributed by atoms with E-state index in [1.54, 1.807) is 11.4 Å². The molecule has 0 aliphatic rings. The fourth-order valence-corrected chi connectivity index (χ4v) is 2.91. The van der Waals surface area contributed by atoms with Crippen LogP contribution in [0.4, 0.5) is 4.39 Å². The number of hydrogen-bond donors (Lipinski definition) is 0. The molecule has 0 spiro atoms. The lowest BCUT2D eigenvalue weighted by Gasteiger charge is -2.08. The second kappa shape index (κ2) is 7.89. The van der Waals surface area contributed by atoms with Crippen LogP contribution in [0.1, 0.15) is 6.42 Å². The summed E-state index contributed by atoms with van der Waals surface area (Å²) in [5, 5.41) is 2.35. The number of benzene rings is 1. The summed E-state index contributed by atoms with van der Waals surface area (Å²) in [5.41, 5.74) is -0.168. The second-order valence-corrected chi connectivity index (χ2v) is 6.05. The molecule has 0 aliphatic heterocycles. The third-order valence-corrected chi connectivity index (χ3v) is 4.26. The van der Waals surface area contributed by atoms with Crippen LogP contribution in [0.3, 0.4) is 0 Å². The molecule has 25 heavy (non-hydrogen) atoms. The van der Waals surface area contributed by atoms with E-state index in [2.05, 4.69) is 4.98 Å². The third-order valence-electron chi connectivity index (χ3n) is 3.44. The van der Waals surface area contributed by atoms with Crippen LogP contribution >= 0.6 is 11.3 Å². The number of fused-ring (bicyclic) bond motifs is 1. The molecule has 1 aromatic carbocycles. The average Bonchev–Trinajstić information content (AvgIpc) is 3.09. The topological polar surface area (TPSA) is 70.4 Å². The Morgan fingerprint density at radius 2 is 2.00 bits per heavy atom. The third kappa shape index (κ3) is 4.42. The number of rotatable bonds is 7. The van der Waals surface area contributed by atoms with Gasteiger partial charge in [0.15, 0.2) is 0 Å². The molecular formula is C17H15FN2O4S. The van der Waals surface area contributed by atoms with Crippen molar-refractivity contribution in [3.8, 4) is 5.75 Å². The van der Waals surface area contributed by atoms with Gasteiger partial charge in [-0.05, 0) is 35.7 Å². The number of halogens is 1. The minimum absolute atomic E-state index is 0.0633. The van der Waals surface area contributed by atoms with Crippen molar-refractivity contribution in [2.24, 2.45) is 0 Å². The Bertz CT molecular complexity index is 920. The van der Waals surface area contributed by atoms with Crippen LogP contribution in [0.2, 0.25) is 0 Å². The molecule has 3 aromatic rings. The number of aromatic nitrogens is 2. The fraction of sp³-hybridized carbons (Fsp3) is 0.235. The lowest BCUT2D eigenvalue weighted by atomic mass is 10.3. The molecule has 0 bridgehead atoms. The van der Waals surface area contributed by atoms with Crippen LogP contribution in [0.15, 0.2) is 46.8 Å². The number of esters is 1. The summed E-state index contributed by atoms with van der Waals surface area (Å²) in [6, 6.07) is 7.29. The first-order valence-corrected chi connectivity index (χ1v) is 8.48. The summed E-state index contributed by atoms with van der Waals surface area (Å²) in [6.07, 6.45) is 1.50. The molecule has 0 saturated heterocycles. The van der Waals surface area contributed by atoms with E-state index in [0.29, 0.717) is 16.0 Å². The first kappa shape index (κ1) is 17.1. The predicted molar refractivity (Wildman–Crippen MR) is 91.4 cm³/mol. The molecule has 6 nitrogen and oxygen atoms in total. The average molecular weight is 362 g/mol. The maximum absolute atomic E-state index is 12.7. The van der Waals surface area contributed by atoms with Crippen molar-refractivity contribution in [3.05, 3.63) is 58.2 Å². The zero-order chi connectivity index (χ0) is 17.6. The van der Waals surface area contributed by atoms with E-state index in [0.717, 1.165) is 0 Å². The molecule has 0 N–H and O–H groups in total. The Morgan fingerprint density at radius 3 is 2.80 bits per heavy atom. The molecule has 0 amide bonds. The van der Waals surface area contributed by atoms with Gasteiger partial charge < -0.3 is 9.47 Å². The van der Waals surface area contributed by atoms with Gasteiger partial charge in [-0.25, -0.2) is 9.37 Å². The molecule has 2 heterocycles. The highest BCUT2D eigenvalue weighted by molar-refractivity contribution is 7.16. The zero-order valence-electron chi connectivity index (χ0n) is 13.2. The van der Waals surface area contributed by atoms with Gasteiger partial charge in [-0.2, -0.15) is 0 Å². The number of carbonyl (C=O) groups is 1. The highest BCUT2D eigenvalue weighted by atomic mass is 32.1. The van der Waals surface area contributed by atoms with Gasteiger partial charge in [0.25, 0.3) is 5.56 Å². The standard InChI is InChI=1S/C17H15FN2O4S/c18-12-1-3-13(4-2-12)23-8-9-24-15(21)5-7-20-11-19-16-14(17(20)22)6-10-25-16/h1-4,6,10-11H,5,7-9H2. The SMILES string of the molecule is O=C(CCn1cnc2sccc2c1=O)OCCOc1ccc(F)cc1. The predicted octanol–water partition coefficient (Wildman–Crippen LogP) is 2.61. The second-order valence-electron chi connectivity index (χ2n) is 5.16. The fourth-order valence-electron chi connectivity index (χ4n) is 2.18. The van der Waals surface area contributed by atoms with Crippen molar-refractivity contribution >= 4 is 27.5 Å². The van der Waals surface area contributed by atoms with E-state index in [-0.39, 0.29) is 37.6 Å². The minimum atomic E-state index is -0.431. The Kier molecular flexibility index (Phi) is 5.39. The summed E-state index contributed by atoms with van der Waals surface area (Å²) in [6.45, 7) is 0.446. The van der Waals surface area contributed by atoms with Gasteiger partial charge in [0.05, 0.1) is 18.1 Å². The number of thiophene rings is 1. The van der Waals surface area contributed by atoms with Crippen LogP contribution in [0, 0.1) is 5.82 Å². The number of aryl methyl sites for hydroxylation is 1. The van der Waals surface area contributed by atoms with Crippen LogP contribution in [0.5, 0.6) is 5.75 Å². The molecule has 0 atom stereocenters. The molecule has 0 radical (unpaired) electrons. The number of ether oxygens (including phenoxy) is 2. The number of nitrogens with zero attached hydrogens (tertiary/aromatic N) is 2. The van der Waals surface area contributed by atoms with Crippen molar-refractivity contribution in [3.63, 3.8) is 0 Å². The quantitative estimate of drug-likeness (QED) is 0.477. The van der Waals surface area contributed by atoms with Gasteiger partial charge in [0.1, 0.15) is 29.6 Å². The van der Waals surface area contributed by atoms with Crippen molar-refractivity contribution < 1.29 is 18.7 Å². The highest BCUT2D eigenvalue weighted by Gasteiger charge is 2.08. The zero-order valence-corrected chi connectivity index (χ0v) is 14.0. The van der Waals surface area contributed by atoms with E-state index in [4.69, 9.17) is 9.47 Å². The summed E-state index contributed by atoms with van der Waals surface area (Å²) < 4.78 is 24.5. The van der Waals surface area contributed by atoms with Gasteiger partial charge in [0.2, 0.25) is 0 Å². The number of hydrogen-bond acceptors (Lipinski definition) is 6. The monoisotopic (exact) mass is 362 g/mol. The van der Waals surface area contributed by atoms with E-state index in [1.807, 2.05) is 0 Å². The minimum Gasteiger partial charge on any atom is -0.490 e. The Balaban J connectivity index is 1.42. The largest absolute Gasteiger partial charge is 0.490 e. The summed E-state index contributed by atoms with van der Waals surface area (Å²) in [7, 11) is 0. The van der Waals surface area contributed by atoms with Gasteiger partial charge >= 0.3 is 5.97 Å². The maximum Gasteiger partial charge on any atom is 0.307 e. The summed E-state index contributed by atoms with van der Waals surface area (Å²) >= 11 is 1.40. The lowest BCUT2D eigenvalue weighted by molar-refractivity contribution is -0.144. The van der Waals surface area contributed by atoms with E-state index in [9.17, 15) is 14.0 Å². The molecular weight excluding hydrogens is 347 g/mol. The van der Waals surface area contributed by atoms with Gasteiger partial charge in [-0.15, -0.1) is 11.3 Å². The molecule has 130 valence electrons. The Labute approximate surface area is 146 Å². The molecule has 0 unspecified atom stereocenters. The van der Waals surface area contributed by atoms with Gasteiger partial charge in [0, 0.05) is 6.54 Å². The molecule has 0 aliphatic carbocycles. The van der Waals surface area contributed by atoms with Crippen LogP contribution in [-0.2, 0) is 16.1 Å². The summed E-state index contributed by atoms with van der Waals surface area (Å²) in [4.78, 5) is 28.8. The molecule has 0 fully saturated rings. The van der Waals surface area contributed by atoms with Crippen molar-refractivity contribution in [2.45, 2.75) is 13.0 Å². The van der Waals surface area contributed by atoms with E-state index < -0.39 is 5.97 Å². The van der Waals surface area contributed by atoms with Crippen molar-refractivity contribution in [2.75, 3.05) is 13.2 Å². The van der Waals surface area contributed by atoms with Crippen LogP contribution in [-0.4, -0.2) is 28.7 Å². The van der Waals surface area contributed by atoms with Crippen LogP contribution < -0.4 is 10.3 Å². The van der Waals surface area contributed by atoms with Crippen LogP contribution in [0.25, 0.3) is 10.2 Å². The molecule has 2 aromatic heterocycles. The van der Waals surface area contributed by atoms with Gasteiger partial charge in [-0.3, -0.25) is 14.2 Å². The van der Waals surface area contributed by atoms with Gasteiger partial charge in [-0.1, -0.05) is 0 Å². The van der Waals surface area contributed by atoms with Crippen molar-refractivity contribution in [1.29, 1.82) is 0 Å².